The zero-order chi connectivity index (χ0) is 15.4. The number of benzene rings is 1. The summed E-state index contributed by atoms with van der Waals surface area (Å²) < 4.78 is 5.76. The Morgan fingerprint density at radius 2 is 2.10 bits per heavy atom. The van der Waals surface area contributed by atoms with Gasteiger partial charge in [-0.1, -0.05) is 13.8 Å². The summed E-state index contributed by atoms with van der Waals surface area (Å²) in [5.74, 6) is 1.33. The van der Waals surface area contributed by atoms with Crippen LogP contribution in [0.25, 0.3) is 0 Å². The average Bonchev–Trinajstić information content (AvgIpc) is 2.43. The van der Waals surface area contributed by atoms with E-state index in [1.807, 2.05) is 19.1 Å². The summed E-state index contributed by atoms with van der Waals surface area (Å²) in [6, 6.07) is 5.46. The number of nitrogens with two attached hydrogens (primary N) is 1. The van der Waals surface area contributed by atoms with Gasteiger partial charge in [-0.15, -0.1) is 0 Å². The molecule has 0 saturated heterocycles. The lowest BCUT2D eigenvalue weighted by atomic mass is 9.80. The van der Waals surface area contributed by atoms with Crippen LogP contribution in [0.5, 0.6) is 0 Å². The van der Waals surface area contributed by atoms with E-state index >= 15 is 0 Å². The third-order valence-electron chi connectivity index (χ3n) is 4.52. The van der Waals surface area contributed by atoms with Crippen molar-refractivity contribution < 1.29 is 9.53 Å². The molecule has 1 saturated carbocycles. The minimum Gasteiger partial charge on any atom is -0.399 e. The molecule has 0 radical (unpaired) electrons. The van der Waals surface area contributed by atoms with Crippen molar-refractivity contribution in [1.29, 1.82) is 0 Å². The Kier molecular flexibility index (Phi) is 5.23. The van der Waals surface area contributed by atoms with E-state index in [1.165, 1.54) is 6.42 Å². The number of amides is 1. The molecule has 0 aromatic heterocycles. The molecule has 3 N–H and O–H groups in total. The largest absolute Gasteiger partial charge is 0.399 e. The van der Waals surface area contributed by atoms with Gasteiger partial charge in [-0.3, -0.25) is 4.79 Å². The van der Waals surface area contributed by atoms with Crippen LogP contribution < -0.4 is 11.1 Å². The van der Waals surface area contributed by atoms with Crippen molar-refractivity contribution in [2.24, 2.45) is 11.8 Å². The van der Waals surface area contributed by atoms with Crippen molar-refractivity contribution in [1.82, 2.24) is 0 Å². The second kappa shape index (κ2) is 6.94. The Labute approximate surface area is 127 Å². The first-order valence-corrected chi connectivity index (χ1v) is 7.73. The molecule has 3 unspecified atom stereocenters. The summed E-state index contributed by atoms with van der Waals surface area (Å²) in [4.78, 5) is 12.0. The Bertz CT molecular complexity index is 502. The predicted molar refractivity (Wildman–Crippen MR) is 86.1 cm³/mol. The molecule has 21 heavy (non-hydrogen) atoms. The van der Waals surface area contributed by atoms with E-state index in [2.05, 4.69) is 19.2 Å². The van der Waals surface area contributed by atoms with Gasteiger partial charge in [0.1, 0.15) is 6.61 Å². The molecule has 116 valence electrons. The molecule has 1 aromatic rings. The third-order valence-corrected chi connectivity index (χ3v) is 4.52. The van der Waals surface area contributed by atoms with Crippen molar-refractivity contribution in [2.45, 2.75) is 46.1 Å². The number of anilines is 2. The first kappa shape index (κ1) is 15.8. The van der Waals surface area contributed by atoms with Gasteiger partial charge < -0.3 is 15.8 Å². The second-order valence-corrected chi connectivity index (χ2v) is 6.32. The number of nitrogen functional groups attached to an aromatic ring is 1. The van der Waals surface area contributed by atoms with Gasteiger partial charge in [0.05, 0.1) is 6.10 Å². The Morgan fingerprint density at radius 1 is 1.33 bits per heavy atom. The van der Waals surface area contributed by atoms with Crippen molar-refractivity contribution in [2.75, 3.05) is 17.7 Å². The Hall–Kier alpha value is -1.55. The number of carbonyl (C=O) groups is 1. The van der Waals surface area contributed by atoms with Crippen LogP contribution >= 0.6 is 0 Å². The average molecular weight is 290 g/mol. The predicted octanol–water partition coefficient (Wildman–Crippen LogP) is 3.36. The molecule has 1 fully saturated rings. The van der Waals surface area contributed by atoms with E-state index in [-0.39, 0.29) is 18.6 Å². The molecular formula is C17H26N2O2. The van der Waals surface area contributed by atoms with Crippen LogP contribution in [0.15, 0.2) is 18.2 Å². The Balaban J connectivity index is 1.80. The fourth-order valence-electron chi connectivity index (χ4n) is 2.86. The number of rotatable bonds is 4. The van der Waals surface area contributed by atoms with Crippen molar-refractivity contribution in [3.63, 3.8) is 0 Å². The summed E-state index contributed by atoms with van der Waals surface area (Å²) >= 11 is 0. The van der Waals surface area contributed by atoms with Gasteiger partial charge in [-0.25, -0.2) is 0 Å². The number of carbonyl (C=O) groups excluding carboxylic acids is 1. The molecule has 2 rings (SSSR count). The van der Waals surface area contributed by atoms with Crippen molar-refractivity contribution in [3.05, 3.63) is 23.8 Å². The van der Waals surface area contributed by atoms with E-state index in [4.69, 9.17) is 10.5 Å². The van der Waals surface area contributed by atoms with Crippen LogP contribution in [0.4, 0.5) is 11.4 Å². The van der Waals surface area contributed by atoms with E-state index < -0.39 is 0 Å². The summed E-state index contributed by atoms with van der Waals surface area (Å²) in [5, 5.41) is 2.88. The molecule has 0 spiro atoms. The van der Waals surface area contributed by atoms with E-state index in [9.17, 15) is 4.79 Å². The van der Waals surface area contributed by atoms with Gasteiger partial charge in [-0.05, 0) is 61.8 Å². The van der Waals surface area contributed by atoms with E-state index in [1.54, 1.807) is 6.07 Å². The molecule has 1 amide bonds. The van der Waals surface area contributed by atoms with Crippen molar-refractivity contribution in [3.8, 4) is 0 Å². The van der Waals surface area contributed by atoms with Crippen LogP contribution in [0.1, 0.15) is 38.7 Å². The van der Waals surface area contributed by atoms with Gasteiger partial charge in [0.25, 0.3) is 0 Å². The summed E-state index contributed by atoms with van der Waals surface area (Å²) in [6.07, 6.45) is 3.51. The van der Waals surface area contributed by atoms with Crippen LogP contribution in [0.2, 0.25) is 0 Å². The molecule has 0 heterocycles. The SMILES string of the molecule is Cc1cc(N)ccc1NC(=O)COC1CCC(C)C(C)C1. The summed E-state index contributed by atoms with van der Waals surface area (Å²) in [7, 11) is 0. The quantitative estimate of drug-likeness (QED) is 0.836. The number of ether oxygens (including phenoxy) is 1. The maximum atomic E-state index is 12.0. The van der Waals surface area contributed by atoms with Crippen molar-refractivity contribution >= 4 is 17.3 Å². The zero-order valence-electron chi connectivity index (χ0n) is 13.2. The minimum atomic E-state index is -0.103. The molecule has 4 nitrogen and oxygen atoms in total. The fourth-order valence-corrected chi connectivity index (χ4v) is 2.86. The molecule has 3 atom stereocenters. The second-order valence-electron chi connectivity index (χ2n) is 6.32. The normalized spacial score (nSPS) is 25.6. The maximum Gasteiger partial charge on any atom is 0.250 e. The number of nitrogens with one attached hydrogen (secondary N) is 1. The molecule has 4 heteroatoms. The molecule has 0 bridgehead atoms. The summed E-state index contributed by atoms with van der Waals surface area (Å²) in [6.45, 7) is 6.60. The number of hydrogen-bond acceptors (Lipinski definition) is 3. The number of aryl methyl sites for hydroxylation is 1. The molecular weight excluding hydrogens is 264 g/mol. The lowest BCUT2D eigenvalue weighted by Crippen LogP contribution is -2.30. The highest BCUT2D eigenvalue weighted by atomic mass is 16.5. The lowest BCUT2D eigenvalue weighted by molar-refractivity contribution is -0.123. The minimum absolute atomic E-state index is 0.103. The van der Waals surface area contributed by atoms with Crippen LogP contribution in [-0.4, -0.2) is 18.6 Å². The standard InChI is InChI=1S/C17H26N2O2/c1-11-4-6-15(9-12(11)2)21-10-17(20)19-16-7-5-14(18)8-13(16)3/h5,7-8,11-12,15H,4,6,9-10,18H2,1-3H3,(H,19,20). The summed E-state index contributed by atoms with van der Waals surface area (Å²) in [5.41, 5.74) is 8.16. The van der Waals surface area contributed by atoms with Crippen LogP contribution in [0, 0.1) is 18.8 Å². The van der Waals surface area contributed by atoms with Gasteiger partial charge in [0.2, 0.25) is 5.91 Å². The lowest BCUT2D eigenvalue weighted by Gasteiger charge is -2.31. The number of hydrogen-bond donors (Lipinski definition) is 2. The monoisotopic (exact) mass is 290 g/mol. The van der Waals surface area contributed by atoms with Gasteiger partial charge in [0.15, 0.2) is 0 Å². The molecule has 1 aromatic carbocycles. The van der Waals surface area contributed by atoms with Crippen LogP contribution in [-0.2, 0) is 9.53 Å². The maximum absolute atomic E-state index is 12.0. The third kappa shape index (κ3) is 4.46. The Morgan fingerprint density at radius 3 is 2.76 bits per heavy atom. The van der Waals surface area contributed by atoms with E-state index in [0.29, 0.717) is 11.6 Å². The van der Waals surface area contributed by atoms with Gasteiger partial charge in [0, 0.05) is 11.4 Å². The molecule has 0 aliphatic heterocycles. The molecule has 1 aliphatic rings. The topological polar surface area (TPSA) is 64.3 Å². The highest BCUT2D eigenvalue weighted by molar-refractivity contribution is 5.92. The van der Waals surface area contributed by atoms with Gasteiger partial charge >= 0.3 is 0 Å². The highest BCUT2D eigenvalue weighted by Crippen LogP contribution is 2.30. The van der Waals surface area contributed by atoms with Crippen LogP contribution in [0.3, 0.4) is 0 Å². The van der Waals surface area contributed by atoms with E-state index in [0.717, 1.165) is 30.0 Å². The van der Waals surface area contributed by atoms with Gasteiger partial charge in [-0.2, -0.15) is 0 Å². The molecule has 1 aliphatic carbocycles. The first-order valence-electron chi connectivity index (χ1n) is 7.73. The first-order chi connectivity index (χ1) is 9.95. The zero-order valence-corrected chi connectivity index (χ0v) is 13.2. The smallest absolute Gasteiger partial charge is 0.250 e. The highest BCUT2D eigenvalue weighted by Gasteiger charge is 2.25. The fraction of sp³-hybridized carbons (Fsp3) is 0.588.